The third-order valence-corrected chi connectivity index (χ3v) is 6.97. The second-order valence-electron chi connectivity index (χ2n) is 9.66. The summed E-state index contributed by atoms with van der Waals surface area (Å²) in [5.74, 6) is 0. The highest BCUT2D eigenvalue weighted by Crippen LogP contribution is 2.45. The molecule has 0 aromatic heterocycles. The molecule has 2 nitrogen and oxygen atoms in total. The van der Waals surface area contributed by atoms with Crippen molar-refractivity contribution in [3.63, 3.8) is 0 Å². The van der Waals surface area contributed by atoms with Gasteiger partial charge in [-0.05, 0) is 74.5 Å². The van der Waals surface area contributed by atoms with Gasteiger partial charge in [0.05, 0.1) is 11.4 Å². The molecule has 0 fully saturated rings. The Morgan fingerprint density at radius 1 is 0.316 bits per heavy atom. The highest BCUT2D eigenvalue weighted by Gasteiger charge is 2.20. The van der Waals surface area contributed by atoms with E-state index in [4.69, 9.17) is 0 Å². The highest BCUT2D eigenvalue weighted by atomic mass is 15.2. The molecule has 6 rings (SSSR count). The van der Waals surface area contributed by atoms with Crippen molar-refractivity contribution in [1.82, 2.24) is 0 Å². The Labute approximate surface area is 225 Å². The van der Waals surface area contributed by atoms with Crippen molar-refractivity contribution in [2.45, 2.75) is 13.8 Å². The number of benzene rings is 6. The molecule has 0 N–H and O–H groups in total. The molecule has 0 unspecified atom stereocenters. The summed E-state index contributed by atoms with van der Waals surface area (Å²) in [5.41, 5.74) is 9.33. The van der Waals surface area contributed by atoms with E-state index in [2.05, 4.69) is 169 Å². The average Bonchev–Trinajstić information content (AvgIpc) is 2.97. The molecule has 0 saturated carbocycles. The van der Waals surface area contributed by atoms with Gasteiger partial charge in [-0.1, -0.05) is 96.1 Å². The summed E-state index contributed by atoms with van der Waals surface area (Å²) in [4.78, 5) is 4.70. The Hall–Kier alpha value is -4.82. The largest absolute Gasteiger partial charge is 0.310 e. The zero-order chi connectivity index (χ0) is 25.9. The fraction of sp³-hybridized carbons (Fsp3) is 0.0556. The Morgan fingerprint density at radius 2 is 0.632 bits per heavy atom. The van der Waals surface area contributed by atoms with Crippen LogP contribution in [0.25, 0.3) is 10.8 Å². The maximum atomic E-state index is 2.35. The van der Waals surface area contributed by atoms with Crippen molar-refractivity contribution >= 4 is 44.9 Å². The van der Waals surface area contributed by atoms with Crippen LogP contribution in [-0.4, -0.2) is 0 Å². The molecule has 0 aliphatic rings. The summed E-state index contributed by atoms with van der Waals surface area (Å²) in [7, 11) is 0. The Balaban J connectivity index is 1.59. The molecular formula is C36H30N2. The van der Waals surface area contributed by atoms with E-state index in [-0.39, 0.29) is 0 Å². The zero-order valence-electron chi connectivity index (χ0n) is 21.8. The van der Waals surface area contributed by atoms with E-state index < -0.39 is 0 Å². The quantitative estimate of drug-likeness (QED) is 0.229. The van der Waals surface area contributed by atoms with Gasteiger partial charge in [0.15, 0.2) is 0 Å². The van der Waals surface area contributed by atoms with Crippen molar-refractivity contribution in [2.75, 3.05) is 9.80 Å². The van der Waals surface area contributed by atoms with E-state index >= 15 is 0 Å². The third kappa shape index (κ3) is 4.53. The molecular weight excluding hydrogens is 460 g/mol. The Kier molecular flexibility index (Phi) is 6.37. The van der Waals surface area contributed by atoms with Crippen LogP contribution in [0.2, 0.25) is 0 Å². The number of para-hydroxylation sites is 2. The van der Waals surface area contributed by atoms with Gasteiger partial charge in [-0.25, -0.2) is 0 Å². The van der Waals surface area contributed by atoms with Crippen molar-refractivity contribution in [3.8, 4) is 0 Å². The van der Waals surface area contributed by atoms with Crippen molar-refractivity contribution in [1.29, 1.82) is 0 Å². The van der Waals surface area contributed by atoms with E-state index in [0.717, 1.165) is 34.1 Å². The minimum atomic E-state index is 1.13. The fourth-order valence-corrected chi connectivity index (χ4v) is 5.05. The molecule has 6 aromatic rings. The monoisotopic (exact) mass is 490 g/mol. The lowest BCUT2D eigenvalue weighted by Gasteiger charge is -2.30. The SMILES string of the molecule is Cc1ccc(N(c2ccccc2)c2ccc(N(c3ccccc3)c3ccc(C)cc3)c3ccccc23)cc1. The Bertz CT molecular complexity index is 1530. The second kappa shape index (κ2) is 10.3. The third-order valence-electron chi connectivity index (χ3n) is 6.97. The number of aryl methyl sites for hydroxylation is 2. The van der Waals surface area contributed by atoms with Gasteiger partial charge in [-0.3, -0.25) is 0 Å². The normalized spacial score (nSPS) is 10.9. The van der Waals surface area contributed by atoms with Crippen LogP contribution in [0, 0.1) is 13.8 Å². The summed E-state index contributed by atoms with van der Waals surface area (Å²) >= 11 is 0. The first-order chi connectivity index (χ1) is 18.7. The fourth-order valence-electron chi connectivity index (χ4n) is 5.05. The first-order valence-corrected chi connectivity index (χ1v) is 13.0. The topological polar surface area (TPSA) is 6.48 Å². The van der Waals surface area contributed by atoms with Crippen LogP contribution in [0.4, 0.5) is 34.1 Å². The molecule has 184 valence electrons. The molecule has 0 saturated heterocycles. The van der Waals surface area contributed by atoms with Crippen LogP contribution in [0.15, 0.2) is 146 Å². The minimum Gasteiger partial charge on any atom is -0.310 e. The number of anilines is 6. The van der Waals surface area contributed by atoms with Crippen LogP contribution in [0.5, 0.6) is 0 Å². The van der Waals surface area contributed by atoms with Gasteiger partial charge in [0.2, 0.25) is 0 Å². The van der Waals surface area contributed by atoms with E-state index in [1.807, 2.05) is 0 Å². The number of rotatable bonds is 6. The number of hydrogen-bond donors (Lipinski definition) is 0. The predicted octanol–water partition coefficient (Wildman–Crippen LogP) is 10.4. The highest BCUT2D eigenvalue weighted by molar-refractivity contribution is 6.07. The average molecular weight is 491 g/mol. The molecule has 0 amide bonds. The van der Waals surface area contributed by atoms with Crippen LogP contribution >= 0.6 is 0 Å². The van der Waals surface area contributed by atoms with Crippen molar-refractivity contribution in [2.24, 2.45) is 0 Å². The molecule has 6 aromatic carbocycles. The second-order valence-corrected chi connectivity index (χ2v) is 9.66. The lowest BCUT2D eigenvalue weighted by atomic mass is 10.0. The summed E-state index contributed by atoms with van der Waals surface area (Å²) in [6.45, 7) is 4.26. The van der Waals surface area contributed by atoms with Gasteiger partial charge in [0.1, 0.15) is 0 Å². The van der Waals surface area contributed by atoms with Gasteiger partial charge in [0.25, 0.3) is 0 Å². The predicted molar refractivity (Wildman–Crippen MR) is 163 cm³/mol. The van der Waals surface area contributed by atoms with Gasteiger partial charge >= 0.3 is 0 Å². The molecule has 0 atom stereocenters. The maximum Gasteiger partial charge on any atom is 0.0541 e. The summed E-state index contributed by atoms with van der Waals surface area (Å²) in [6.07, 6.45) is 0. The van der Waals surface area contributed by atoms with Crippen LogP contribution in [-0.2, 0) is 0 Å². The molecule has 0 heterocycles. The van der Waals surface area contributed by atoms with E-state index in [9.17, 15) is 0 Å². The molecule has 2 heteroatoms. The molecule has 0 spiro atoms. The van der Waals surface area contributed by atoms with Crippen LogP contribution in [0.1, 0.15) is 11.1 Å². The van der Waals surface area contributed by atoms with Crippen LogP contribution < -0.4 is 9.80 Å². The van der Waals surface area contributed by atoms with Crippen molar-refractivity contribution in [3.05, 3.63) is 157 Å². The minimum absolute atomic E-state index is 1.13. The Morgan fingerprint density at radius 3 is 1.00 bits per heavy atom. The van der Waals surface area contributed by atoms with E-state index in [1.54, 1.807) is 0 Å². The lowest BCUT2D eigenvalue weighted by molar-refractivity contribution is 1.27. The number of fused-ring (bicyclic) bond motifs is 1. The molecule has 0 aliphatic carbocycles. The van der Waals surface area contributed by atoms with E-state index in [1.165, 1.54) is 21.9 Å². The van der Waals surface area contributed by atoms with E-state index in [0.29, 0.717) is 0 Å². The van der Waals surface area contributed by atoms with Gasteiger partial charge in [-0.15, -0.1) is 0 Å². The zero-order valence-corrected chi connectivity index (χ0v) is 21.8. The van der Waals surface area contributed by atoms with Gasteiger partial charge in [0, 0.05) is 33.5 Å². The molecule has 0 bridgehead atoms. The van der Waals surface area contributed by atoms with Crippen LogP contribution in [0.3, 0.4) is 0 Å². The number of nitrogens with zero attached hydrogens (tertiary/aromatic N) is 2. The summed E-state index contributed by atoms with van der Waals surface area (Å²) < 4.78 is 0. The molecule has 0 radical (unpaired) electrons. The summed E-state index contributed by atoms with van der Waals surface area (Å²) in [6, 6.07) is 52.0. The first-order valence-electron chi connectivity index (χ1n) is 13.0. The number of hydrogen-bond acceptors (Lipinski definition) is 2. The molecule has 38 heavy (non-hydrogen) atoms. The summed E-state index contributed by atoms with van der Waals surface area (Å²) in [5, 5.41) is 2.39. The van der Waals surface area contributed by atoms with Gasteiger partial charge in [-0.2, -0.15) is 0 Å². The first kappa shape index (κ1) is 23.6. The van der Waals surface area contributed by atoms with Crippen molar-refractivity contribution < 1.29 is 0 Å². The molecule has 0 aliphatic heterocycles. The lowest BCUT2D eigenvalue weighted by Crippen LogP contribution is -2.13. The smallest absolute Gasteiger partial charge is 0.0541 e. The van der Waals surface area contributed by atoms with Gasteiger partial charge < -0.3 is 9.80 Å². The maximum absolute atomic E-state index is 2.35. The standard InChI is InChI=1S/C36H30N2/c1-27-17-21-31(22-18-27)37(29-11-5-3-6-12-29)35-25-26-36(34-16-10-9-15-33(34)35)38(30-13-7-4-8-14-30)32-23-19-28(2)20-24-32/h3-26H,1-2H3.